The van der Waals surface area contributed by atoms with Crippen LogP contribution in [0.3, 0.4) is 0 Å². The maximum Gasteiger partial charge on any atom is 0.325 e. The van der Waals surface area contributed by atoms with E-state index in [0.717, 1.165) is 19.3 Å². The molecule has 1 aromatic carbocycles. The first-order chi connectivity index (χ1) is 12.4. The van der Waals surface area contributed by atoms with Crippen molar-refractivity contribution in [1.29, 1.82) is 0 Å². The summed E-state index contributed by atoms with van der Waals surface area (Å²) >= 11 is 0. The summed E-state index contributed by atoms with van der Waals surface area (Å²) in [5.74, 6) is 0.395. The highest BCUT2D eigenvalue weighted by atomic mass is 16.5. The van der Waals surface area contributed by atoms with Gasteiger partial charge in [-0.1, -0.05) is 6.07 Å². The number of carbonyl (C=O) groups excluding carboxylic acids is 1. The summed E-state index contributed by atoms with van der Waals surface area (Å²) in [6.07, 6.45) is 3.05. The number of hydrogen-bond acceptors (Lipinski definition) is 5. The van der Waals surface area contributed by atoms with Crippen molar-refractivity contribution in [3.05, 3.63) is 23.8 Å². The minimum absolute atomic E-state index is 0.103. The molecule has 0 radical (unpaired) electrons. The molecule has 1 amide bonds. The summed E-state index contributed by atoms with van der Waals surface area (Å²) in [5.41, 5.74) is 0.566. The van der Waals surface area contributed by atoms with Crippen molar-refractivity contribution in [3.63, 3.8) is 0 Å². The van der Waals surface area contributed by atoms with Crippen molar-refractivity contribution in [2.75, 3.05) is 34.4 Å². The highest BCUT2D eigenvalue weighted by Crippen LogP contribution is 2.40. The zero-order valence-electron chi connectivity index (χ0n) is 15.5. The van der Waals surface area contributed by atoms with E-state index in [2.05, 4.69) is 0 Å². The molecule has 1 atom stereocenters. The number of rotatable bonds is 5. The van der Waals surface area contributed by atoms with Gasteiger partial charge in [-0.15, -0.1) is 0 Å². The van der Waals surface area contributed by atoms with Gasteiger partial charge in [0.25, 0.3) is 0 Å². The zero-order valence-corrected chi connectivity index (χ0v) is 15.5. The Morgan fingerprint density at radius 2 is 1.81 bits per heavy atom. The summed E-state index contributed by atoms with van der Waals surface area (Å²) in [6, 6.07) is 4.50. The summed E-state index contributed by atoms with van der Waals surface area (Å²) in [5, 5.41) is 9.84. The maximum atomic E-state index is 12.0. The number of amides is 1. The smallest absolute Gasteiger partial charge is 0.325 e. The third kappa shape index (κ3) is 3.11. The first-order valence-corrected chi connectivity index (χ1v) is 8.87. The van der Waals surface area contributed by atoms with Crippen molar-refractivity contribution in [3.8, 4) is 11.5 Å². The molecule has 142 valence electrons. The molecule has 1 spiro atoms. The lowest BCUT2D eigenvalue weighted by Gasteiger charge is -2.45. The van der Waals surface area contributed by atoms with Crippen LogP contribution in [0.5, 0.6) is 11.5 Å². The van der Waals surface area contributed by atoms with Gasteiger partial charge in [0.15, 0.2) is 11.5 Å². The van der Waals surface area contributed by atoms with Crippen LogP contribution in [-0.2, 0) is 9.59 Å². The Morgan fingerprint density at radius 1 is 1.15 bits per heavy atom. The molecule has 2 saturated heterocycles. The van der Waals surface area contributed by atoms with Crippen LogP contribution >= 0.6 is 0 Å². The van der Waals surface area contributed by atoms with E-state index >= 15 is 0 Å². The summed E-state index contributed by atoms with van der Waals surface area (Å²) in [7, 11) is 4.96. The summed E-state index contributed by atoms with van der Waals surface area (Å²) in [4.78, 5) is 27.8. The average molecular weight is 362 g/mol. The third-order valence-electron chi connectivity index (χ3n) is 5.94. The first kappa shape index (κ1) is 18.5. The molecular weight excluding hydrogens is 336 g/mol. The minimum atomic E-state index is -0.885. The van der Waals surface area contributed by atoms with Crippen molar-refractivity contribution in [1.82, 2.24) is 9.80 Å². The second-order valence-electron chi connectivity index (χ2n) is 7.07. The molecule has 26 heavy (non-hydrogen) atoms. The van der Waals surface area contributed by atoms with Crippen molar-refractivity contribution >= 4 is 11.9 Å². The number of aliphatic carboxylic acids is 1. The Balaban J connectivity index is 1.80. The molecule has 1 N–H and O–H groups in total. The lowest BCUT2D eigenvalue weighted by Crippen LogP contribution is -2.53. The Hall–Kier alpha value is -2.28. The summed E-state index contributed by atoms with van der Waals surface area (Å²) < 4.78 is 10.6. The van der Waals surface area contributed by atoms with Crippen LogP contribution in [0.4, 0.5) is 0 Å². The molecule has 7 heteroatoms. The lowest BCUT2D eigenvalue weighted by molar-refractivity contribution is -0.145. The van der Waals surface area contributed by atoms with E-state index in [1.807, 2.05) is 16.8 Å². The fourth-order valence-electron chi connectivity index (χ4n) is 4.26. The monoisotopic (exact) mass is 362 g/mol. The van der Waals surface area contributed by atoms with Crippen LogP contribution < -0.4 is 9.47 Å². The minimum Gasteiger partial charge on any atom is -0.493 e. The van der Waals surface area contributed by atoms with E-state index in [9.17, 15) is 14.7 Å². The second-order valence-corrected chi connectivity index (χ2v) is 7.07. The lowest BCUT2D eigenvalue weighted by atomic mass is 9.84. The molecule has 7 nitrogen and oxygen atoms in total. The van der Waals surface area contributed by atoms with Crippen LogP contribution in [0.1, 0.15) is 37.3 Å². The molecule has 2 heterocycles. The Labute approximate surface area is 153 Å². The predicted molar refractivity (Wildman–Crippen MR) is 95.5 cm³/mol. The van der Waals surface area contributed by atoms with Gasteiger partial charge in [-0.2, -0.15) is 0 Å². The number of ether oxygens (including phenoxy) is 2. The standard InChI is InChI=1S/C19H26N2O5/c1-20-16(22)6-7-19(20)8-10-21(11-9-19)17(18(23)24)13-4-5-14(25-2)15(12-13)26-3/h4-5,12,17H,6-11H2,1-3H3,(H,23,24). The van der Waals surface area contributed by atoms with E-state index in [0.29, 0.717) is 36.6 Å². The number of carboxylic acids is 1. The van der Waals surface area contributed by atoms with Crippen LogP contribution in [0.25, 0.3) is 0 Å². The molecule has 2 aliphatic heterocycles. The second kappa shape index (κ2) is 7.15. The highest BCUT2D eigenvalue weighted by Gasteiger charge is 2.46. The Bertz CT molecular complexity index is 697. The molecule has 0 aromatic heterocycles. The molecule has 2 aliphatic rings. The molecular formula is C19H26N2O5. The van der Waals surface area contributed by atoms with E-state index in [1.165, 1.54) is 7.11 Å². The topological polar surface area (TPSA) is 79.3 Å². The Kier molecular flexibility index (Phi) is 5.09. The quantitative estimate of drug-likeness (QED) is 0.862. The van der Waals surface area contributed by atoms with E-state index in [1.54, 1.807) is 25.3 Å². The number of piperidine rings is 1. The number of likely N-dealkylation sites (tertiary alicyclic amines) is 2. The van der Waals surface area contributed by atoms with Gasteiger partial charge in [0, 0.05) is 32.1 Å². The van der Waals surface area contributed by atoms with Gasteiger partial charge >= 0.3 is 5.97 Å². The number of carbonyl (C=O) groups is 2. The number of nitrogens with zero attached hydrogens (tertiary/aromatic N) is 2. The zero-order chi connectivity index (χ0) is 18.9. The number of hydrogen-bond donors (Lipinski definition) is 1. The number of methoxy groups -OCH3 is 2. The fraction of sp³-hybridized carbons (Fsp3) is 0.579. The van der Waals surface area contributed by atoms with Crippen LogP contribution in [-0.4, -0.2) is 66.7 Å². The summed E-state index contributed by atoms with van der Waals surface area (Å²) in [6.45, 7) is 1.28. The third-order valence-corrected chi connectivity index (χ3v) is 5.94. The average Bonchev–Trinajstić information content (AvgIpc) is 2.92. The van der Waals surface area contributed by atoms with Gasteiger partial charge in [0.2, 0.25) is 5.91 Å². The molecule has 1 unspecified atom stereocenters. The van der Waals surface area contributed by atoms with Gasteiger partial charge in [0.1, 0.15) is 6.04 Å². The largest absolute Gasteiger partial charge is 0.493 e. The van der Waals surface area contributed by atoms with E-state index < -0.39 is 12.0 Å². The maximum absolute atomic E-state index is 12.0. The molecule has 0 aliphatic carbocycles. The molecule has 3 rings (SSSR count). The number of carboxylic acid groups (broad SMARTS) is 1. The van der Waals surface area contributed by atoms with Gasteiger partial charge in [0.05, 0.1) is 14.2 Å². The van der Waals surface area contributed by atoms with Crippen molar-refractivity contribution in [2.45, 2.75) is 37.3 Å². The van der Waals surface area contributed by atoms with E-state index in [4.69, 9.17) is 9.47 Å². The normalized spacial score (nSPS) is 21.0. The predicted octanol–water partition coefficient (Wildman–Crippen LogP) is 1.92. The van der Waals surface area contributed by atoms with Gasteiger partial charge in [-0.3, -0.25) is 14.5 Å². The fourth-order valence-corrected chi connectivity index (χ4v) is 4.26. The van der Waals surface area contributed by atoms with Crippen LogP contribution in [0.15, 0.2) is 18.2 Å². The SMILES string of the molecule is COc1ccc(C(C(=O)O)N2CCC3(CCC(=O)N3C)CC2)cc1OC. The molecule has 0 bridgehead atoms. The molecule has 2 fully saturated rings. The Morgan fingerprint density at radius 3 is 2.31 bits per heavy atom. The first-order valence-electron chi connectivity index (χ1n) is 8.87. The van der Waals surface area contributed by atoms with Gasteiger partial charge < -0.3 is 19.5 Å². The highest BCUT2D eigenvalue weighted by molar-refractivity contribution is 5.79. The van der Waals surface area contributed by atoms with E-state index in [-0.39, 0.29) is 11.4 Å². The van der Waals surface area contributed by atoms with Gasteiger partial charge in [-0.25, -0.2) is 0 Å². The van der Waals surface area contributed by atoms with Crippen molar-refractivity contribution in [2.24, 2.45) is 0 Å². The van der Waals surface area contributed by atoms with Crippen LogP contribution in [0, 0.1) is 0 Å². The molecule has 0 saturated carbocycles. The molecule has 1 aromatic rings. The van der Waals surface area contributed by atoms with Crippen LogP contribution in [0.2, 0.25) is 0 Å². The van der Waals surface area contributed by atoms with Gasteiger partial charge in [-0.05, 0) is 37.0 Å². The van der Waals surface area contributed by atoms with Crippen molar-refractivity contribution < 1.29 is 24.2 Å². The number of benzene rings is 1.